The van der Waals surface area contributed by atoms with Crippen LogP contribution in [0.15, 0.2) is 46.5 Å². The molecule has 2 aromatic carbocycles. The van der Waals surface area contributed by atoms with Gasteiger partial charge < -0.3 is 14.6 Å². The molecule has 3 aromatic rings. The number of imidazole rings is 1. The number of carbonyl (C=O) groups is 1. The van der Waals surface area contributed by atoms with Crippen LogP contribution in [0.1, 0.15) is 33.3 Å². The van der Waals surface area contributed by atoms with E-state index in [-0.39, 0.29) is 22.0 Å². The Hall–Kier alpha value is -2.56. The Kier molecular flexibility index (Phi) is 6.87. The number of primary sulfonamides is 1. The van der Waals surface area contributed by atoms with Crippen LogP contribution in [0.25, 0.3) is 11.0 Å². The minimum Gasteiger partial charge on any atom is -0.495 e. The Labute approximate surface area is 192 Å². The van der Waals surface area contributed by atoms with E-state index in [1.165, 1.54) is 23.9 Å². The second kappa shape index (κ2) is 9.13. The molecular weight excluding hydrogens is 448 g/mol. The highest BCUT2D eigenvalue weighted by Crippen LogP contribution is 2.32. The molecule has 0 unspecified atom stereocenters. The molecule has 1 heterocycles. The van der Waals surface area contributed by atoms with Crippen LogP contribution in [-0.2, 0) is 26.8 Å². The highest BCUT2D eigenvalue weighted by molar-refractivity contribution is 7.99. The number of hydrogen-bond acceptors (Lipinski definition) is 6. The number of methoxy groups -OCH3 is 1. The lowest BCUT2D eigenvalue weighted by atomic mass is 9.87. The number of nitrogens with zero attached hydrogens (tertiary/aromatic N) is 2. The van der Waals surface area contributed by atoms with Crippen LogP contribution < -0.4 is 15.2 Å². The zero-order chi connectivity index (χ0) is 23.7. The summed E-state index contributed by atoms with van der Waals surface area (Å²) in [5, 5.41) is 8.78. The molecule has 0 aliphatic heterocycles. The van der Waals surface area contributed by atoms with Gasteiger partial charge in [-0.25, -0.2) is 18.5 Å². The maximum absolute atomic E-state index is 12.7. The van der Waals surface area contributed by atoms with Gasteiger partial charge in [0.1, 0.15) is 5.75 Å². The maximum atomic E-state index is 12.7. The molecule has 0 saturated carbocycles. The van der Waals surface area contributed by atoms with Gasteiger partial charge in [-0.15, -0.1) is 0 Å². The van der Waals surface area contributed by atoms with Gasteiger partial charge in [-0.3, -0.25) is 4.79 Å². The molecule has 32 heavy (non-hydrogen) atoms. The van der Waals surface area contributed by atoms with E-state index < -0.39 is 10.0 Å². The van der Waals surface area contributed by atoms with Crippen LogP contribution in [0.3, 0.4) is 0 Å². The second-order valence-electron chi connectivity index (χ2n) is 8.34. The molecule has 3 N–H and O–H groups in total. The van der Waals surface area contributed by atoms with E-state index in [1.54, 1.807) is 13.2 Å². The van der Waals surface area contributed by atoms with Gasteiger partial charge in [0.25, 0.3) is 0 Å². The number of hydrogen-bond donors (Lipinski definition) is 2. The molecule has 1 aromatic heterocycles. The molecule has 172 valence electrons. The maximum Gasteiger partial charge on any atom is 0.238 e. The highest BCUT2D eigenvalue weighted by Gasteiger charge is 2.18. The van der Waals surface area contributed by atoms with Gasteiger partial charge in [0, 0.05) is 6.54 Å². The third kappa shape index (κ3) is 5.25. The number of aryl methyl sites for hydroxylation is 1. The largest absolute Gasteiger partial charge is 0.495 e. The Morgan fingerprint density at radius 2 is 1.94 bits per heavy atom. The standard InChI is InChI=1S/C22H28N4O4S2/c1-6-26-18-9-8-15(32(23,28)29)12-16(18)25-21(26)31-13-20(27)24-17-11-14(22(2,3)4)7-10-19(17)30-5/h7-12H,6,13H2,1-5H3,(H,24,27)(H2,23,28,29). The fraction of sp³-hybridized carbons (Fsp3) is 0.364. The molecule has 0 radical (unpaired) electrons. The highest BCUT2D eigenvalue weighted by atomic mass is 32.2. The number of sulfonamides is 1. The van der Waals surface area contributed by atoms with Gasteiger partial charge in [-0.05, 0) is 48.2 Å². The monoisotopic (exact) mass is 476 g/mol. The average Bonchev–Trinajstić information content (AvgIpc) is 3.07. The van der Waals surface area contributed by atoms with Crippen molar-refractivity contribution >= 4 is 44.4 Å². The Morgan fingerprint density at radius 3 is 2.53 bits per heavy atom. The van der Waals surface area contributed by atoms with Crippen molar-refractivity contribution < 1.29 is 17.9 Å². The molecule has 0 aliphatic carbocycles. The van der Waals surface area contributed by atoms with Crippen molar-refractivity contribution in [2.24, 2.45) is 5.14 Å². The SMILES string of the molecule is CCn1c(SCC(=O)Nc2cc(C(C)(C)C)ccc2OC)nc2cc(S(N)(=O)=O)ccc21. The first-order valence-corrected chi connectivity index (χ1v) is 12.6. The normalized spacial score (nSPS) is 12.2. The molecule has 0 bridgehead atoms. The number of benzene rings is 2. The second-order valence-corrected chi connectivity index (χ2v) is 10.8. The van der Waals surface area contributed by atoms with E-state index in [0.29, 0.717) is 28.7 Å². The first-order chi connectivity index (χ1) is 14.9. The Bertz CT molecular complexity index is 1260. The van der Waals surface area contributed by atoms with E-state index in [1.807, 2.05) is 29.7 Å². The lowest BCUT2D eigenvalue weighted by Gasteiger charge is -2.21. The van der Waals surface area contributed by atoms with Gasteiger partial charge in [-0.2, -0.15) is 0 Å². The van der Waals surface area contributed by atoms with Crippen molar-refractivity contribution in [2.45, 2.75) is 49.7 Å². The van der Waals surface area contributed by atoms with Crippen molar-refractivity contribution in [3.63, 3.8) is 0 Å². The minimum atomic E-state index is -3.82. The predicted molar refractivity (Wildman–Crippen MR) is 128 cm³/mol. The summed E-state index contributed by atoms with van der Waals surface area (Å²) in [6, 6.07) is 10.4. The third-order valence-electron chi connectivity index (χ3n) is 5.00. The molecular formula is C22H28N4O4S2. The zero-order valence-corrected chi connectivity index (χ0v) is 20.4. The van der Waals surface area contributed by atoms with Gasteiger partial charge in [-0.1, -0.05) is 38.6 Å². The predicted octanol–water partition coefficient (Wildman–Crippen LogP) is 3.74. The van der Waals surface area contributed by atoms with E-state index in [9.17, 15) is 13.2 Å². The summed E-state index contributed by atoms with van der Waals surface area (Å²) in [5.41, 5.74) is 2.93. The smallest absolute Gasteiger partial charge is 0.238 e. The lowest BCUT2D eigenvalue weighted by Crippen LogP contribution is -2.17. The Morgan fingerprint density at radius 1 is 1.22 bits per heavy atom. The van der Waals surface area contributed by atoms with Crippen molar-refractivity contribution in [1.29, 1.82) is 0 Å². The topological polar surface area (TPSA) is 116 Å². The molecule has 0 spiro atoms. The molecule has 0 saturated heterocycles. The summed E-state index contributed by atoms with van der Waals surface area (Å²) in [6.07, 6.45) is 0. The molecule has 1 amide bonds. The van der Waals surface area contributed by atoms with E-state index >= 15 is 0 Å². The van der Waals surface area contributed by atoms with E-state index in [0.717, 1.165) is 11.1 Å². The molecule has 0 aliphatic rings. The van der Waals surface area contributed by atoms with Crippen molar-refractivity contribution in [3.05, 3.63) is 42.0 Å². The number of ether oxygens (including phenoxy) is 1. The number of anilines is 1. The molecule has 10 heteroatoms. The Balaban J connectivity index is 1.80. The third-order valence-corrected chi connectivity index (χ3v) is 6.89. The van der Waals surface area contributed by atoms with Crippen molar-refractivity contribution in [1.82, 2.24) is 9.55 Å². The number of fused-ring (bicyclic) bond motifs is 1. The minimum absolute atomic E-state index is 0.00544. The van der Waals surface area contributed by atoms with Crippen LogP contribution in [-0.4, -0.2) is 36.7 Å². The number of thioether (sulfide) groups is 1. The van der Waals surface area contributed by atoms with Crippen molar-refractivity contribution in [3.8, 4) is 5.75 Å². The number of amides is 1. The van der Waals surface area contributed by atoms with Gasteiger partial charge >= 0.3 is 0 Å². The van der Waals surface area contributed by atoms with Crippen LogP contribution in [0.5, 0.6) is 5.75 Å². The van der Waals surface area contributed by atoms with Crippen LogP contribution in [0.4, 0.5) is 5.69 Å². The number of rotatable bonds is 7. The number of aromatic nitrogens is 2. The van der Waals surface area contributed by atoms with Gasteiger partial charge in [0.15, 0.2) is 5.16 Å². The molecule has 3 rings (SSSR count). The zero-order valence-electron chi connectivity index (χ0n) is 18.8. The van der Waals surface area contributed by atoms with Crippen molar-refractivity contribution in [2.75, 3.05) is 18.2 Å². The first kappa shape index (κ1) is 24.1. The van der Waals surface area contributed by atoms with E-state index in [4.69, 9.17) is 9.88 Å². The van der Waals surface area contributed by atoms with Gasteiger partial charge in [0.2, 0.25) is 15.9 Å². The average molecular weight is 477 g/mol. The summed E-state index contributed by atoms with van der Waals surface area (Å²) in [4.78, 5) is 17.2. The number of carbonyl (C=O) groups excluding carboxylic acids is 1. The summed E-state index contributed by atoms with van der Waals surface area (Å²) in [5.74, 6) is 0.529. The lowest BCUT2D eigenvalue weighted by molar-refractivity contribution is -0.113. The number of nitrogens with two attached hydrogens (primary N) is 1. The molecule has 8 nitrogen and oxygen atoms in total. The summed E-state index contributed by atoms with van der Waals surface area (Å²) in [6.45, 7) is 8.89. The van der Waals surface area contributed by atoms with Gasteiger partial charge in [0.05, 0.1) is 34.5 Å². The summed E-state index contributed by atoms with van der Waals surface area (Å²) < 4.78 is 30.6. The first-order valence-electron chi connectivity index (χ1n) is 10.1. The van der Waals surface area contributed by atoms with Crippen LogP contribution in [0.2, 0.25) is 0 Å². The molecule has 0 fully saturated rings. The van der Waals surface area contributed by atoms with E-state index in [2.05, 4.69) is 31.1 Å². The fourth-order valence-corrected chi connectivity index (χ4v) is 4.68. The number of nitrogens with one attached hydrogen (secondary N) is 1. The summed E-state index contributed by atoms with van der Waals surface area (Å²) >= 11 is 1.28. The van der Waals surface area contributed by atoms with Crippen LogP contribution in [0, 0.1) is 0 Å². The summed E-state index contributed by atoms with van der Waals surface area (Å²) in [7, 11) is -2.25. The fourth-order valence-electron chi connectivity index (χ4n) is 3.27. The quantitative estimate of drug-likeness (QED) is 0.502. The van der Waals surface area contributed by atoms with Crippen LogP contribution >= 0.6 is 11.8 Å². The molecule has 0 atom stereocenters.